The number of piperazine rings is 1. The summed E-state index contributed by atoms with van der Waals surface area (Å²) in [7, 11) is 3.96. The smallest absolute Gasteiger partial charge is 0.227 e. The van der Waals surface area contributed by atoms with Gasteiger partial charge in [-0.25, -0.2) is 9.13 Å². The number of piperidine rings is 5. The maximum Gasteiger partial charge on any atom is 0.227 e. The lowest BCUT2D eigenvalue weighted by atomic mass is 9.76. The first-order chi connectivity index (χ1) is 66.2. The molecule has 0 bridgehead atoms. The van der Waals surface area contributed by atoms with Gasteiger partial charge in [0.25, 0.3) is 0 Å². The van der Waals surface area contributed by atoms with Gasteiger partial charge in [0.05, 0.1) is 46.7 Å². The zero-order valence-electron chi connectivity index (χ0n) is 78.0. The molecule has 12 heterocycles. The van der Waals surface area contributed by atoms with Crippen LogP contribution in [0.15, 0.2) is 193 Å². The van der Waals surface area contributed by atoms with Gasteiger partial charge in [-0.15, -0.1) is 0 Å². The zero-order valence-corrected chi connectivity index (χ0v) is 88.9. The molecule has 137 heavy (non-hydrogen) atoms. The molecule has 6 fully saturated rings. The average molecular weight is 2250 g/mol. The van der Waals surface area contributed by atoms with Crippen LogP contribution in [-0.4, -0.2) is 181 Å². The first-order valence-electron chi connectivity index (χ1n) is 48.2. The molecule has 0 radical (unpaired) electrons. The fourth-order valence-electron chi connectivity index (χ4n) is 22.1. The van der Waals surface area contributed by atoms with E-state index in [9.17, 15) is 28.8 Å². The molecule has 0 N–H and O–H groups in total. The third-order valence-electron chi connectivity index (χ3n) is 29.7. The summed E-state index contributed by atoms with van der Waals surface area (Å²) in [6.45, 7) is 14.0. The summed E-state index contributed by atoms with van der Waals surface area (Å²) in [5, 5.41) is 3.06. The molecule has 19 nitrogen and oxygen atoms in total. The minimum Gasteiger partial charge on any atom is -0.343 e. The molecule has 10 aromatic rings. The fraction of sp³-hybridized carbons (Fsp3) is 0.413. The van der Waals surface area contributed by atoms with Gasteiger partial charge in [0.2, 0.25) is 35.4 Å². The van der Waals surface area contributed by atoms with Crippen molar-refractivity contribution in [3.8, 4) is 0 Å². The summed E-state index contributed by atoms with van der Waals surface area (Å²) >= 11 is 44.0. The fourth-order valence-corrected chi connectivity index (χ4v) is 25.0. The molecule has 6 aliphatic heterocycles. The van der Waals surface area contributed by atoms with Crippen LogP contribution < -0.4 is 9.13 Å². The van der Waals surface area contributed by atoms with Gasteiger partial charge in [-0.2, -0.15) is 0 Å². The van der Waals surface area contributed by atoms with Gasteiger partial charge in [0, 0.05) is 222 Å². The van der Waals surface area contributed by atoms with Gasteiger partial charge in [0.1, 0.15) is 14.1 Å². The minimum absolute atomic E-state index is 0.00525. The third-order valence-corrected chi connectivity index (χ3v) is 33.7. The summed E-state index contributed by atoms with van der Waals surface area (Å²) in [5.41, 5.74) is 24.1. The number of hydrogen-bond acceptors (Lipinski definition) is 11. The lowest BCUT2D eigenvalue weighted by Crippen LogP contribution is -2.50. The Bertz CT molecular complexity index is 6040. The highest BCUT2D eigenvalue weighted by Gasteiger charge is 2.41. The molecule has 3 atom stereocenters. The number of aryl methyl sites for hydroxylation is 7. The van der Waals surface area contributed by atoms with Crippen LogP contribution in [-0.2, 0) is 94.2 Å². The lowest BCUT2D eigenvalue weighted by Gasteiger charge is -2.40. The van der Waals surface area contributed by atoms with E-state index in [-0.39, 0.29) is 53.3 Å². The van der Waals surface area contributed by atoms with Crippen LogP contribution in [0.25, 0.3) is 17.7 Å². The Morgan fingerprint density at radius 1 is 0.394 bits per heavy atom. The molecule has 6 aromatic heterocycles. The van der Waals surface area contributed by atoms with E-state index >= 15 is 0 Å². The van der Waals surface area contributed by atoms with E-state index in [1.807, 2.05) is 153 Å². The van der Waals surface area contributed by atoms with Crippen LogP contribution in [0, 0.1) is 23.7 Å². The van der Waals surface area contributed by atoms with E-state index in [1.165, 1.54) is 72.5 Å². The largest absolute Gasteiger partial charge is 0.343 e. The highest BCUT2D eigenvalue weighted by Crippen LogP contribution is 2.49. The van der Waals surface area contributed by atoms with E-state index in [2.05, 4.69) is 161 Å². The van der Waals surface area contributed by atoms with Crippen LogP contribution in [0.5, 0.6) is 0 Å². The van der Waals surface area contributed by atoms with Gasteiger partial charge in [0.15, 0.2) is 24.8 Å². The number of pyridine rings is 6. The van der Waals surface area contributed by atoms with Crippen molar-refractivity contribution >= 4 is 179 Å². The van der Waals surface area contributed by atoms with Crippen molar-refractivity contribution < 1.29 is 37.9 Å². The van der Waals surface area contributed by atoms with Crippen LogP contribution in [0.4, 0.5) is 0 Å². The average Bonchev–Trinajstić information content (AvgIpc) is 1.68. The molecule has 28 heteroatoms. The molecule has 4 aliphatic carbocycles. The van der Waals surface area contributed by atoms with Gasteiger partial charge < -0.3 is 29.4 Å². The standard InChI is InChI=1S/C28H33BrClN3O2.C28H31BrClN3O2.C27H25Br2ClN3O.C26H27BrClN4O/c2*1-18(34)32-10-6-19(7-11-32)14-26(35)33-12-8-20(9-13-33)27-25-5-4-24(30)16-21(25)2-3-22-15-23(29)17-31-28(22)27;1-32-10-6-17(7-11-32)14-24(34)33-12-8-18(9-13-33)25-21-4-5-23(30)26(29)22(21)3-2-19-15-20(28)16-31-27(19)25;1-30-9-7-18(8-10-30)15-23(33)31-11-13-32(14-12-31)26-24-19(3-2-4-22(24)28)5-6-20-16-21(27)17-29-25(20)26/h4-5,15-17,19-20,27H,2-3,6-14H2,1H3;2-5,15-17,19-20,27H,6-14H2,1H3;4-7,10-11,15-16H,2-3,8-9,12-14H2,1H3;2-4,7-10,16-17,26H,5-6,11-15H2,1H3/q;;2*+1. The molecule has 6 saturated heterocycles. The Labute approximate surface area is 866 Å². The van der Waals surface area contributed by atoms with Gasteiger partial charge in [-0.3, -0.25) is 53.6 Å². The number of carbonyl (C=O) groups is 6. The topological polar surface area (TPSA) is 184 Å². The number of likely N-dealkylation sites (tertiary alicyclic amines) is 5. The highest BCUT2D eigenvalue weighted by molar-refractivity contribution is 9.11. The molecular weight excluding hydrogens is 2130 g/mol. The number of fused-ring (bicyclic) bond motifs is 8. The van der Waals surface area contributed by atoms with Crippen LogP contribution in [0.3, 0.4) is 0 Å². The Morgan fingerprint density at radius 2 is 0.847 bits per heavy atom. The first kappa shape index (κ1) is 100. The maximum absolute atomic E-state index is 13.1. The van der Waals surface area contributed by atoms with Crippen LogP contribution in [0.2, 0.25) is 20.1 Å². The Balaban J connectivity index is 0.000000127. The number of benzene rings is 4. The molecule has 714 valence electrons. The van der Waals surface area contributed by atoms with E-state index in [0.29, 0.717) is 62.4 Å². The molecule has 0 saturated carbocycles. The zero-order chi connectivity index (χ0) is 95.8. The predicted octanol–water partition coefficient (Wildman–Crippen LogP) is 21.4. The van der Waals surface area contributed by atoms with Crippen molar-refractivity contribution in [2.45, 2.75) is 160 Å². The molecule has 4 aromatic carbocycles. The summed E-state index contributed by atoms with van der Waals surface area (Å²) < 4.78 is 8.92. The number of rotatable bonds is 11. The quantitative estimate of drug-likeness (QED) is 0.112. The van der Waals surface area contributed by atoms with E-state index < -0.39 is 0 Å². The summed E-state index contributed by atoms with van der Waals surface area (Å²) in [5.74, 6) is 3.24. The number of aromatic nitrogens is 6. The summed E-state index contributed by atoms with van der Waals surface area (Å²) in [6, 6.07) is 39.6. The Morgan fingerprint density at radius 3 is 1.41 bits per heavy atom. The molecular formula is C109H116Br5Cl4N13O6+2. The summed E-state index contributed by atoms with van der Waals surface area (Å²) in [4.78, 5) is 109. The minimum atomic E-state index is 0.00525. The molecule has 10 aliphatic rings. The van der Waals surface area contributed by atoms with Crippen LogP contribution >= 0.6 is 126 Å². The first-order valence-corrected chi connectivity index (χ1v) is 53.7. The van der Waals surface area contributed by atoms with E-state index in [0.717, 1.165) is 263 Å². The van der Waals surface area contributed by atoms with Crippen molar-refractivity contribution in [1.82, 2.24) is 54.2 Å². The van der Waals surface area contributed by atoms with E-state index in [1.54, 1.807) is 13.8 Å². The second-order valence-corrected chi connectivity index (χ2v) is 44.5. The SMILES string of the molecule is CC(=O)N1CCC(CC(=O)N2CCC(C3c4ccc(Cl)cc4C=Cc4cc(Br)cnc43)CC2)CC1.CC(=O)N1CCC(CC(=O)N2CCC(C3c4ccc(Cl)cc4CCc4cc(Br)cnc43)CC2)CC1.C[n+]1ccc(CC(=O)N2CCC(=C3c4ccc(Cl)c(Br)c4CCc4cc(Br)cnc43)CC2)cc1.C[n+]1ccc(CC(=O)N2CCN(C3c4ncc(Br)cc4CCc4cccc(Cl)c43)CC2)cc1. The Hall–Kier alpha value is -8.40. The van der Waals surface area contributed by atoms with Crippen molar-refractivity contribution in [2.24, 2.45) is 37.8 Å². The molecule has 0 spiro atoms. The molecule has 20 rings (SSSR count). The highest BCUT2D eigenvalue weighted by atomic mass is 79.9. The second kappa shape index (κ2) is 45.7. The number of nitrogens with zero attached hydrogens (tertiary/aromatic N) is 13. The van der Waals surface area contributed by atoms with Crippen molar-refractivity contribution in [2.75, 3.05) is 91.6 Å². The number of carbonyl (C=O) groups excluding carboxylic acids is 6. The molecule has 6 amide bonds. The number of hydrogen-bond donors (Lipinski definition) is 0. The third kappa shape index (κ3) is 24.2. The van der Waals surface area contributed by atoms with Crippen molar-refractivity contribution in [1.29, 1.82) is 0 Å². The maximum atomic E-state index is 13.1. The predicted molar refractivity (Wildman–Crippen MR) is 558 cm³/mol. The van der Waals surface area contributed by atoms with Gasteiger partial charge in [-0.05, 0) is 345 Å². The van der Waals surface area contributed by atoms with Crippen LogP contribution in [0.1, 0.15) is 209 Å². The van der Waals surface area contributed by atoms with Gasteiger partial charge >= 0.3 is 0 Å². The number of amides is 6. The van der Waals surface area contributed by atoms with Crippen molar-refractivity contribution in [3.63, 3.8) is 0 Å². The molecule has 3 unspecified atom stereocenters. The van der Waals surface area contributed by atoms with Crippen molar-refractivity contribution in [3.05, 3.63) is 314 Å². The number of halogens is 9. The second-order valence-electron chi connectivity index (χ2n) is 38.3. The summed E-state index contributed by atoms with van der Waals surface area (Å²) in [6.07, 6.45) is 36.8. The Kier molecular flexibility index (Phi) is 33.4. The van der Waals surface area contributed by atoms with E-state index in [4.69, 9.17) is 66.3 Å². The normalized spacial score (nSPS) is 19.1. The lowest BCUT2D eigenvalue weighted by molar-refractivity contribution is -0.671. The monoisotopic (exact) mass is 2240 g/mol. The van der Waals surface area contributed by atoms with Gasteiger partial charge in [-0.1, -0.05) is 94.5 Å².